The molecular formula is C10H16N2O2S. The quantitative estimate of drug-likeness (QED) is 0.773. The van der Waals surface area contributed by atoms with Gasteiger partial charge in [0.05, 0.1) is 0 Å². The SMILES string of the molecule is O=C1CCN(CC2CCCCS2)C(=O)N1. The molecule has 0 radical (unpaired) electrons. The number of nitrogens with one attached hydrogen (secondary N) is 1. The molecule has 0 spiro atoms. The van der Waals surface area contributed by atoms with E-state index in [2.05, 4.69) is 5.32 Å². The Bertz CT molecular complexity index is 264. The minimum absolute atomic E-state index is 0.146. The molecule has 2 fully saturated rings. The van der Waals surface area contributed by atoms with Gasteiger partial charge in [-0.15, -0.1) is 0 Å². The van der Waals surface area contributed by atoms with Gasteiger partial charge < -0.3 is 4.90 Å². The van der Waals surface area contributed by atoms with Crippen molar-refractivity contribution in [3.63, 3.8) is 0 Å². The normalized spacial score (nSPS) is 27.7. The number of carbonyl (C=O) groups excluding carboxylic acids is 2. The molecule has 2 aliphatic heterocycles. The molecule has 84 valence electrons. The van der Waals surface area contributed by atoms with Crippen molar-refractivity contribution >= 4 is 23.7 Å². The summed E-state index contributed by atoms with van der Waals surface area (Å²) in [7, 11) is 0. The molecule has 1 unspecified atom stereocenters. The van der Waals surface area contributed by atoms with Crippen molar-refractivity contribution < 1.29 is 9.59 Å². The summed E-state index contributed by atoms with van der Waals surface area (Å²) in [5.74, 6) is 1.06. The number of nitrogens with zero attached hydrogens (tertiary/aromatic N) is 1. The Morgan fingerprint density at radius 3 is 2.93 bits per heavy atom. The highest BCUT2D eigenvalue weighted by Crippen LogP contribution is 2.26. The summed E-state index contributed by atoms with van der Waals surface area (Å²) in [6.07, 6.45) is 4.21. The molecule has 1 N–H and O–H groups in total. The molecule has 5 heteroatoms. The molecular weight excluding hydrogens is 212 g/mol. The second-order valence-corrected chi connectivity index (χ2v) is 5.45. The monoisotopic (exact) mass is 228 g/mol. The lowest BCUT2D eigenvalue weighted by Crippen LogP contribution is -2.51. The van der Waals surface area contributed by atoms with Gasteiger partial charge in [-0.2, -0.15) is 11.8 Å². The summed E-state index contributed by atoms with van der Waals surface area (Å²) >= 11 is 1.95. The lowest BCUT2D eigenvalue weighted by Gasteiger charge is -2.31. The van der Waals surface area contributed by atoms with Crippen molar-refractivity contribution in [1.29, 1.82) is 0 Å². The van der Waals surface area contributed by atoms with E-state index in [1.165, 1.54) is 25.0 Å². The Hall–Kier alpha value is -0.710. The first-order chi connectivity index (χ1) is 7.25. The van der Waals surface area contributed by atoms with Crippen molar-refractivity contribution in [3.05, 3.63) is 0 Å². The lowest BCUT2D eigenvalue weighted by atomic mass is 10.1. The number of rotatable bonds is 2. The highest BCUT2D eigenvalue weighted by atomic mass is 32.2. The van der Waals surface area contributed by atoms with Crippen LogP contribution in [0, 0.1) is 0 Å². The van der Waals surface area contributed by atoms with Gasteiger partial charge in [-0.3, -0.25) is 10.1 Å². The zero-order chi connectivity index (χ0) is 10.7. The predicted molar refractivity (Wildman–Crippen MR) is 59.8 cm³/mol. The minimum Gasteiger partial charge on any atom is -0.323 e. The zero-order valence-corrected chi connectivity index (χ0v) is 9.52. The molecule has 0 saturated carbocycles. The van der Waals surface area contributed by atoms with Crippen LogP contribution in [0.5, 0.6) is 0 Å². The first-order valence-corrected chi connectivity index (χ1v) is 6.51. The molecule has 2 aliphatic rings. The van der Waals surface area contributed by atoms with Crippen LogP contribution in [0.4, 0.5) is 4.79 Å². The summed E-state index contributed by atoms with van der Waals surface area (Å²) in [6, 6.07) is -0.211. The largest absolute Gasteiger partial charge is 0.324 e. The van der Waals surface area contributed by atoms with Crippen LogP contribution in [-0.4, -0.2) is 40.9 Å². The van der Waals surface area contributed by atoms with Crippen LogP contribution >= 0.6 is 11.8 Å². The maximum absolute atomic E-state index is 11.5. The zero-order valence-electron chi connectivity index (χ0n) is 8.70. The molecule has 2 heterocycles. The van der Waals surface area contributed by atoms with Gasteiger partial charge in [0.25, 0.3) is 0 Å². The number of carbonyl (C=O) groups is 2. The van der Waals surface area contributed by atoms with Crippen molar-refractivity contribution in [1.82, 2.24) is 10.2 Å². The summed E-state index contributed by atoms with van der Waals surface area (Å²) < 4.78 is 0. The van der Waals surface area contributed by atoms with Crippen molar-refractivity contribution in [2.45, 2.75) is 30.9 Å². The molecule has 1 atom stereocenters. The maximum atomic E-state index is 11.5. The van der Waals surface area contributed by atoms with Gasteiger partial charge in [0.1, 0.15) is 0 Å². The maximum Gasteiger partial charge on any atom is 0.324 e. The van der Waals surface area contributed by atoms with Crippen LogP contribution in [-0.2, 0) is 4.79 Å². The van der Waals surface area contributed by atoms with Gasteiger partial charge in [0.15, 0.2) is 0 Å². The van der Waals surface area contributed by atoms with Gasteiger partial charge in [0, 0.05) is 24.8 Å². The van der Waals surface area contributed by atoms with Crippen LogP contribution in [0.25, 0.3) is 0 Å². The smallest absolute Gasteiger partial charge is 0.323 e. The van der Waals surface area contributed by atoms with Crippen molar-refractivity contribution in [3.8, 4) is 0 Å². The summed E-state index contributed by atoms with van der Waals surface area (Å²) in [6.45, 7) is 1.38. The predicted octanol–water partition coefficient (Wildman–Crippen LogP) is 1.21. The Kier molecular flexibility index (Phi) is 3.51. The van der Waals surface area contributed by atoms with E-state index in [-0.39, 0.29) is 11.9 Å². The van der Waals surface area contributed by atoms with Gasteiger partial charge in [-0.05, 0) is 18.6 Å². The molecule has 0 aromatic rings. The summed E-state index contributed by atoms with van der Waals surface area (Å²) in [4.78, 5) is 24.2. The number of thioether (sulfide) groups is 1. The van der Waals surface area contributed by atoms with Crippen LogP contribution in [0.2, 0.25) is 0 Å². The third-order valence-electron chi connectivity index (χ3n) is 2.84. The summed E-state index contributed by atoms with van der Waals surface area (Å²) in [5, 5.41) is 2.93. The number of amides is 3. The molecule has 0 aromatic heterocycles. The molecule has 2 saturated heterocycles. The highest BCUT2D eigenvalue weighted by Gasteiger charge is 2.26. The van der Waals surface area contributed by atoms with Crippen LogP contribution in [0.3, 0.4) is 0 Å². The lowest BCUT2D eigenvalue weighted by molar-refractivity contribution is -0.121. The first-order valence-electron chi connectivity index (χ1n) is 5.46. The van der Waals surface area contributed by atoms with E-state index in [0.29, 0.717) is 18.2 Å². The third-order valence-corrected chi connectivity index (χ3v) is 4.22. The fraction of sp³-hybridized carbons (Fsp3) is 0.800. The second-order valence-electron chi connectivity index (χ2n) is 4.04. The molecule has 2 rings (SSSR count). The van der Waals surface area contributed by atoms with Gasteiger partial charge >= 0.3 is 6.03 Å². The van der Waals surface area contributed by atoms with Crippen LogP contribution in [0.15, 0.2) is 0 Å². The standard InChI is InChI=1S/C10H16N2O2S/c13-9-4-5-12(10(14)11-9)7-8-3-1-2-6-15-8/h8H,1-7H2,(H,11,13,14). The topological polar surface area (TPSA) is 49.4 Å². The van der Waals surface area contributed by atoms with E-state index in [9.17, 15) is 9.59 Å². The second kappa shape index (κ2) is 4.88. The summed E-state index contributed by atoms with van der Waals surface area (Å²) in [5.41, 5.74) is 0. The molecule has 0 bridgehead atoms. The highest BCUT2D eigenvalue weighted by molar-refractivity contribution is 7.99. The van der Waals surface area contributed by atoms with Gasteiger partial charge in [-0.1, -0.05) is 6.42 Å². The fourth-order valence-electron chi connectivity index (χ4n) is 1.97. The average Bonchev–Trinajstić information content (AvgIpc) is 2.24. The van der Waals surface area contributed by atoms with Crippen molar-refractivity contribution in [2.75, 3.05) is 18.8 Å². The Labute approximate surface area is 93.8 Å². The van der Waals surface area contributed by atoms with E-state index in [1.807, 2.05) is 11.8 Å². The van der Waals surface area contributed by atoms with E-state index in [4.69, 9.17) is 0 Å². The van der Waals surface area contributed by atoms with Crippen LogP contribution in [0.1, 0.15) is 25.7 Å². The number of imide groups is 1. The van der Waals surface area contributed by atoms with E-state index in [1.54, 1.807) is 4.90 Å². The average molecular weight is 228 g/mol. The number of hydrogen-bond donors (Lipinski definition) is 1. The molecule has 0 aromatic carbocycles. The van der Waals surface area contributed by atoms with E-state index >= 15 is 0 Å². The van der Waals surface area contributed by atoms with E-state index < -0.39 is 0 Å². The minimum atomic E-state index is -0.211. The van der Waals surface area contributed by atoms with Gasteiger partial charge in [-0.25, -0.2) is 4.79 Å². The Morgan fingerprint density at radius 2 is 2.27 bits per heavy atom. The number of hydrogen-bond acceptors (Lipinski definition) is 3. The molecule has 0 aliphatic carbocycles. The molecule has 3 amide bonds. The van der Waals surface area contributed by atoms with E-state index in [0.717, 1.165) is 6.54 Å². The Balaban J connectivity index is 1.82. The number of urea groups is 1. The molecule has 15 heavy (non-hydrogen) atoms. The third kappa shape index (κ3) is 2.87. The fourth-order valence-corrected chi connectivity index (χ4v) is 3.29. The first kappa shape index (κ1) is 10.8. The Morgan fingerprint density at radius 1 is 1.40 bits per heavy atom. The van der Waals surface area contributed by atoms with Gasteiger partial charge in [0.2, 0.25) is 5.91 Å². The molecule has 4 nitrogen and oxygen atoms in total. The van der Waals surface area contributed by atoms with Crippen LogP contribution < -0.4 is 5.32 Å². The van der Waals surface area contributed by atoms with Crippen molar-refractivity contribution in [2.24, 2.45) is 0 Å².